The standard InChI is InChI=1S/C24H15Cl2N3O3S2/c1-11-2-7-18-16(8-11)28-23(32-18)15-10-13(4-6-17(15)30)27-24(33)29-22(31)21-20(26)14-5-3-12(25)9-19(14)34-21/h2-10,30H,1H3,(H2,27,29,31,33). The Morgan fingerprint density at radius 3 is 2.76 bits per heavy atom. The summed E-state index contributed by atoms with van der Waals surface area (Å²) >= 11 is 19.0. The lowest BCUT2D eigenvalue weighted by Gasteiger charge is -2.10. The quantitative estimate of drug-likeness (QED) is 0.170. The molecular formula is C24H15Cl2N3O3S2. The highest BCUT2D eigenvalue weighted by atomic mass is 35.5. The summed E-state index contributed by atoms with van der Waals surface area (Å²) in [4.78, 5) is 17.6. The lowest BCUT2D eigenvalue weighted by molar-refractivity contribution is 0.0982. The van der Waals surface area contributed by atoms with E-state index in [1.807, 2.05) is 25.1 Å². The molecule has 0 bridgehead atoms. The Morgan fingerprint density at radius 1 is 1.12 bits per heavy atom. The largest absolute Gasteiger partial charge is 0.507 e. The van der Waals surface area contributed by atoms with Crippen LogP contribution in [0.2, 0.25) is 10.0 Å². The Labute approximate surface area is 213 Å². The predicted molar refractivity (Wildman–Crippen MR) is 141 cm³/mol. The van der Waals surface area contributed by atoms with Crippen LogP contribution >= 0.6 is 46.8 Å². The zero-order valence-corrected chi connectivity index (χ0v) is 20.6. The summed E-state index contributed by atoms with van der Waals surface area (Å²) in [6.45, 7) is 1.96. The van der Waals surface area contributed by atoms with Gasteiger partial charge in [-0.2, -0.15) is 0 Å². The molecule has 10 heteroatoms. The van der Waals surface area contributed by atoms with Crippen molar-refractivity contribution in [3.05, 3.63) is 75.1 Å². The number of phenolic OH excluding ortho intramolecular Hbond substituents is 1. The fraction of sp³-hybridized carbons (Fsp3) is 0.0417. The van der Waals surface area contributed by atoms with Crippen molar-refractivity contribution in [3.8, 4) is 17.2 Å². The number of fused-ring (bicyclic) bond motifs is 2. The molecule has 1 amide bonds. The van der Waals surface area contributed by atoms with Crippen LogP contribution in [0.3, 0.4) is 0 Å². The fourth-order valence-corrected chi connectivity index (χ4v) is 5.34. The topological polar surface area (TPSA) is 87.4 Å². The van der Waals surface area contributed by atoms with Crippen LogP contribution in [0.15, 0.2) is 59.0 Å². The monoisotopic (exact) mass is 527 g/mol. The van der Waals surface area contributed by atoms with Crippen LogP contribution in [0.4, 0.5) is 5.69 Å². The van der Waals surface area contributed by atoms with Crippen LogP contribution in [0.5, 0.6) is 5.75 Å². The molecule has 170 valence electrons. The first-order valence-electron chi connectivity index (χ1n) is 9.99. The van der Waals surface area contributed by atoms with Crippen molar-refractivity contribution >= 4 is 84.6 Å². The highest BCUT2D eigenvalue weighted by Crippen LogP contribution is 2.37. The third-order valence-corrected chi connectivity index (χ3v) is 7.15. The minimum absolute atomic E-state index is 0.000463. The van der Waals surface area contributed by atoms with Gasteiger partial charge in [-0.05, 0) is 67.2 Å². The Bertz CT molecular complexity index is 1610. The van der Waals surface area contributed by atoms with Crippen molar-refractivity contribution in [3.63, 3.8) is 0 Å². The molecule has 34 heavy (non-hydrogen) atoms. The van der Waals surface area contributed by atoms with E-state index in [4.69, 9.17) is 39.8 Å². The van der Waals surface area contributed by atoms with Gasteiger partial charge < -0.3 is 14.8 Å². The van der Waals surface area contributed by atoms with Crippen molar-refractivity contribution in [1.82, 2.24) is 10.3 Å². The molecule has 0 saturated heterocycles. The zero-order chi connectivity index (χ0) is 24.0. The van der Waals surface area contributed by atoms with Crippen molar-refractivity contribution in [2.75, 3.05) is 5.32 Å². The van der Waals surface area contributed by atoms with Crippen molar-refractivity contribution in [2.45, 2.75) is 6.92 Å². The van der Waals surface area contributed by atoms with Gasteiger partial charge in [-0.3, -0.25) is 10.1 Å². The van der Waals surface area contributed by atoms with Gasteiger partial charge in [0.1, 0.15) is 16.1 Å². The molecule has 0 aliphatic heterocycles. The van der Waals surface area contributed by atoms with Gasteiger partial charge >= 0.3 is 0 Å². The summed E-state index contributed by atoms with van der Waals surface area (Å²) < 4.78 is 6.60. The third kappa shape index (κ3) is 4.33. The summed E-state index contributed by atoms with van der Waals surface area (Å²) in [7, 11) is 0. The van der Waals surface area contributed by atoms with E-state index in [9.17, 15) is 9.90 Å². The molecule has 2 heterocycles. The second-order valence-electron chi connectivity index (χ2n) is 7.52. The number of oxazole rings is 1. The van der Waals surface area contributed by atoms with E-state index in [1.165, 1.54) is 17.4 Å². The summed E-state index contributed by atoms with van der Waals surface area (Å²) in [6.07, 6.45) is 0. The molecule has 6 nitrogen and oxygen atoms in total. The van der Waals surface area contributed by atoms with Crippen molar-refractivity contribution in [2.24, 2.45) is 0 Å². The summed E-state index contributed by atoms with van der Waals surface area (Å²) in [5.41, 5.74) is 3.28. The van der Waals surface area contributed by atoms with E-state index in [2.05, 4.69) is 15.6 Å². The second-order valence-corrected chi connectivity index (χ2v) is 9.79. The Hall–Kier alpha value is -3.17. The van der Waals surface area contributed by atoms with Crippen LogP contribution in [-0.4, -0.2) is 21.1 Å². The number of rotatable bonds is 3. The minimum atomic E-state index is -0.437. The molecule has 0 unspecified atom stereocenters. The molecule has 0 saturated carbocycles. The van der Waals surface area contributed by atoms with E-state index in [0.29, 0.717) is 37.3 Å². The number of amides is 1. The highest BCUT2D eigenvalue weighted by Gasteiger charge is 2.19. The first-order valence-corrected chi connectivity index (χ1v) is 12.0. The number of aromatic nitrogens is 1. The maximum absolute atomic E-state index is 12.8. The number of aryl methyl sites for hydroxylation is 1. The predicted octanol–water partition coefficient (Wildman–Crippen LogP) is 7.16. The van der Waals surface area contributed by atoms with E-state index in [0.717, 1.165) is 15.6 Å². The van der Waals surface area contributed by atoms with Crippen LogP contribution < -0.4 is 10.6 Å². The number of hydrogen-bond donors (Lipinski definition) is 3. The number of nitrogens with one attached hydrogen (secondary N) is 2. The maximum atomic E-state index is 12.8. The lowest BCUT2D eigenvalue weighted by Crippen LogP contribution is -2.33. The SMILES string of the molecule is Cc1ccc2oc(-c3cc(NC(=S)NC(=O)c4sc5cc(Cl)ccc5c4Cl)ccc3O)nc2c1. The zero-order valence-electron chi connectivity index (χ0n) is 17.5. The summed E-state index contributed by atoms with van der Waals surface area (Å²) in [5.74, 6) is -0.167. The number of hydrogen-bond acceptors (Lipinski definition) is 6. The molecule has 0 aliphatic carbocycles. The van der Waals surface area contributed by atoms with Gasteiger partial charge in [0.2, 0.25) is 5.89 Å². The van der Waals surface area contributed by atoms with Crippen LogP contribution in [0.1, 0.15) is 15.2 Å². The number of halogens is 2. The molecule has 0 fully saturated rings. The van der Waals surface area contributed by atoms with Gasteiger partial charge in [-0.15, -0.1) is 11.3 Å². The molecule has 2 aromatic heterocycles. The molecule has 5 aromatic rings. The number of carbonyl (C=O) groups excluding carboxylic acids is 1. The molecule has 0 atom stereocenters. The smallest absolute Gasteiger partial charge is 0.269 e. The molecule has 3 N–H and O–H groups in total. The Morgan fingerprint density at radius 2 is 1.94 bits per heavy atom. The number of anilines is 1. The maximum Gasteiger partial charge on any atom is 0.269 e. The molecule has 0 radical (unpaired) electrons. The van der Waals surface area contributed by atoms with Gasteiger partial charge in [-0.1, -0.05) is 35.3 Å². The molecule has 3 aromatic carbocycles. The number of carbonyl (C=O) groups is 1. The van der Waals surface area contributed by atoms with Crippen LogP contribution in [0, 0.1) is 6.92 Å². The lowest BCUT2D eigenvalue weighted by atomic mass is 10.1. The number of nitrogens with zero attached hydrogens (tertiary/aromatic N) is 1. The number of phenols is 1. The van der Waals surface area contributed by atoms with E-state index >= 15 is 0 Å². The number of aromatic hydroxyl groups is 1. The third-order valence-electron chi connectivity index (χ3n) is 5.05. The van der Waals surface area contributed by atoms with Gasteiger partial charge in [-0.25, -0.2) is 4.98 Å². The first-order chi connectivity index (χ1) is 16.3. The van der Waals surface area contributed by atoms with Gasteiger partial charge in [0, 0.05) is 20.8 Å². The number of thiocarbonyl (C=S) groups is 1. The van der Waals surface area contributed by atoms with Gasteiger partial charge in [0.05, 0.1) is 10.6 Å². The first kappa shape index (κ1) is 22.6. The number of thiophene rings is 1. The van der Waals surface area contributed by atoms with E-state index in [1.54, 1.807) is 30.3 Å². The molecule has 5 rings (SSSR count). The van der Waals surface area contributed by atoms with Crippen LogP contribution in [-0.2, 0) is 0 Å². The summed E-state index contributed by atoms with van der Waals surface area (Å²) in [6, 6.07) is 15.7. The van der Waals surface area contributed by atoms with Crippen LogP contribution in [0.25, 0.3) is 32.6 Å². The molecule has 0 aliphatic rings. The second kappa shape index (κ2) is 8.88. The van der Waals surface area contributed by atoms with E-state index in [-0.39, 0.29) is 16.8 Å². The fourth-order valence-electron chi connectivity index (χ4n) is 3.45. The normalized spacial score (nSPS) is 11.1. The minimum Gasteiger partial charge on any atom is -0.507 e. The molecular weight excluding hydrogens is 513 g/mol. The van der Waals surface area contributed by atoms with Gasteiger partial charge in [0.15, 0.2) is 10.7 Å². The van der Waals surface area contributed by atoms with Gasteiger partial charge in [0.25, 0.3) is 5.91 Å². The average Bonchev–Trinajstić information content (AvgIpc) is 3.35. The number of benzene rings is 3. The molecule has 0 spiro atoms. The highest BCUT2D eigenvalue weighted by molar-refractivity contribution is 7.80. The van der Waals surface area contributed by atoms with E-state index < -0.39 is 5.91 Å². The Kier molecular flexibility index (Phi) is 5.91. The summed E-state index contributed by atoms with van der Waals surface area (Å²) in [5, 5.41) is 17.7. The average molecular weight is 528 g/mol. The Balaban J connectivity index is 1.36. The van der Waals surface area contributed by atoms with Crippen molar-refractivity contribution in [1.29, 1.82) is 0 Å². The van der Waals surface area contributed by atoms with Crippen molar-refractivity contribution < 1.29 is 14.3 Å².